The number of hydrogen-bond acceptors (Lipinski definition) is 2. The zero-order valence-electron chi connectivity index (χ0n) is 15.6. The molecule has 0 aliphatic rings. The fourth-order valence-corrected chi connectivity index (χ4v) is 2.85. The number of nitrogens with one attached hydrogen (secondary N) is 2. The van der Waals surface area contributed by atoms with Crippen molar-refractivity contribution in [1.29, 1.82) is 0 Å². The number of carbonyl (C=O) groups excluding carboxylic acids is 1. The quantitative estimate of drug-likeness (QED) is 0.773. The Morgan fingerprint density at radius 2 is 1.68 bits per heavy atom. The van der Waals surface area contributed by atoms with Gasteiger partial charge in [-0.15, -0.1) is 0 Å². The van der Waals surface area contributed by atoms with E-state index in [0.29, 0.717) is 6.54 Å². The van der Waals surface area contributed by atoms with Gasteiger partial charge < -0.3 is 15.0 Å². The maximum atomic E-state index is 12.3. The number of aryl methyl sites for hydroxylation is 1. The predicted octanol–water partition coefficient (Wildman–Crippen LogP) is 2.15. The van der Waals surface area contributed by atoms with Crippen molar-refractivity contribution in [1.82, 2.24) is 5.32 Å². The van der Waals surface area contributed by atoms with Crippen molar-refractivity contribution in [2.24, 2.45) is 0 Å². The minimum Gasteiger partial charge on any atom is -0.497 e. The van der Waals surface area contributed by atoms with Crippen molar-refractivity contribution in [3.63, 3.8) is 0 Å². The largest absolute Gasteiger partial charge is 0.497 e. The Hall–Kier alpha value is -2.33. The summed E-state index contributed by atoms with van der Waals surface area (Å²) >= 11 is 0. The predicted molar refractivity (Wildman–Crippen MR) is 101 cm³/mol. The first-order valence-electron chi connectivity index (χ1n) is 8.84. The molecule has 25 heavy (non-hydrogen) atoms. The van der Waals surface area contributed by atoms with Crippen LogP contribution >= 0.6 is 0 Å². The molecule has 0 aliphatic carbocycles. The summed E-state index contributed by atoms with van der Waals surface area (Å²) in [5, 5.41) is 3.09. The first kappa shape index (κ1) is 19.0. The van der Waals surface area contributed by atoms with E-state index in [1.165, 1.54) is 11.1 Å². The van der Waals surface area contributed by atoms with Gasteiger partial charge in [0.2, 0.25) is 0 Å². The van der Waals surface area contributed by atoms with Gasteiger partial charge in [-0.1, -0.05) is 31.2 Å². The van der Waals surface area contributed by atoms with Crippen LogP contribution in [0.4, 0.5) is 0 Å². The summed E-state index contributed by atoms with van der Waals surface area (Å²) in [5.74, 6) is 0.917. The van der Waals surface area contributed by atoms with E-state index >= 15 is 0 Å². The molecule has 0 aliphatic heterocycles. The lowest BCUT2D eigenvalue weighted by Crippen LogP contribution is -3.08. The Labute approximate surface area is 150 Å². The molecular weight excluding hydrogens is 312 g/mol. The maximum Gasteiger partial charge on any atom is 0.275 e. The van der Waals surface area contributed by atoms with Gasteiger partial charge >= 0.3 is 0 Å². The zero-order valence-corrected chi connectivity index (χ0v) is 15.6. The van der Waals surface area contributed by atoms with Gasteiger partial charge in [0.1, 0.15) is 12.3 Å². The summed E-state index contributed by atoms with van der Waals surface area (Å²) in [7, 11) is 3.69. The number of hydrogen-bond donors (Lipinski definition) is 2. The monoisotopic (exact) mass is 341 g/mol. The van der Waals surface area contributed by atoms with Gasteiger partial charge in [0.05, 0.1) is 20.2 Å². The molecular formula is C21H29N2O2+. The zero-order chi connectivity index (χ0) is 18.2. The molecule has 0 spiro atoms. The molecule has 2 atom stereocenters. The lowest BCUT2D eigenvalue weighted by atomic mass is 10.1. The number of amides is 1. The van der Waals surface area contributed by atoms with Gasteiger partial charge in [0.25, 0.3) is 5.91 Å². The average molecular weight is 341 g/mol. The highest BCUT2D eigenvalue weighted by Gasteiger charge is 2.14. The highest BCUT2D eigenvalue weighted by molar-refractivity contribution is 5.77. The summed E-state index contributed by atoms with van der Waals surface area (Å²) in [6, 6.07) is 16.4. The fraction of sp³-hybridized carbons (Fsp3) is 0.381. The number of rotatable bonds is 8. The lowest BCUT2D eigenvalue weighted by molar-refractivity contribution is -0.885. The van der Waals surface area contributed by atoms with Crippen LogP contribution in [0.1, 0.15) is 36.6 Å². The summed E-state index contributed by atoms with van der Waals surface area (Å²) < 4.78 is 5.17. The Morgan fingerprint density at radius 3 is 2.24 bits per heavy atom. The van der Waals surface area contributed by atoms with E-state index in [2.05, 4.69) is 36.5 Å². The van der Waals surface area contributed by atoms with Crippen molar-refractivity contribution >= 4 is 5.91 Å². The number of carbonyl (C=O) groups is 1. The van der Waals surface area contributed by atoms with Crippen LogP contribution in [0, 0.1) is 0 Å². The minimum absolute atomic E-state index is 0.0205. The second-order valence-electron chi connectivity index (χ2n) is 6.54. The molecule has 0 saturated carbocycles. The lowest BCUT2D eigenvalue weighted by Gasteiger charge is -2.18. The Balaban J connectivity index is 1.83. The van der Waals surface area contributed by atoms with Crippen LogP contribution in [-0.4, -0.2) is 26.6 Å². The van der Waals surface area contributed by atoms with E-state index in [1.54, 1.807) is 7.11 Å². The third-order valence-corrected chi connectivity index (χ3v) is 4.39. The molecule has 2 aromatic carbocycles. The average Bonchev–Trinajstić information content (AvgIpc) is 2.62. The number of methoxy groups -OCH3 is 1. The van der Waals surface area contributed by atoms with Crippen molar-refractivity contribution in [3.05, 3.63) is 65.2 Å². The van der Waals surface area contributed by atoms with Crippen LogP contribution in [0.25, 0.3) is 0 Å². The second-order valence-corrected chi connectivity index (χ2v) is 6.54. The number of benzene rings is 2. The van der Waals surface area contributed by atoms with Crippen LogP contribution in [0.2, 0.25) is 0 Å². The van der Waals surface area contributed by atoms with E-state index in [9.17, 15) is 4.79 Å². The van der Waals surface area contributed by atoms with E-state index in [-0.39, 0.29) is 11.9 Å². The molecule has 4 heteroatoms. The molecule has 2 rings (SSSR count). The first-order chi connectivity index (χ1) is 12.0. The molecule has 1 unspecified atom stereocenters. The molecule has 0 bridgehead atoms. The van der Waals surface area contributed by atoms with Gasteiger partial charge in [-0.3, -0.25) is 4.79 Å². The highest BCUT2D eigenvalue weighted by atomic mass is 16.5. The molecule has 0 heterocycles. The maximum absolute atomic E-state index is 12.3. The minimum atomic E-state index is 0.0205. The molecule has 134 valence electrons. The Bertz CT molecular complexity index is 665. The van der Waals surface area contributed by atoms with Crippen molar-refractivity contribution in [2.75, 3.05) is 20.7 Å². The van der Waals surface area contributed by atoms with Gasteiger partial charge in [0.15, 0.2) is 6.54 Å². The van der Waals surface area contributed by atoms with E-state index in [0.717, 1.165) is 29.2 Å². The van der Waals surface area contributed by atoms with Gasteiger partial charge in [0, 0.05) is 5.56 Å². The van der Waals surface area contributed by atoms with Gasteiger partial charge in [-0.2, -0.15) is 0 Å². The Morgan fingerprint density at radius 1 is 1.08 bits per heavy atom. The van der Waals surface area contributed by atoms with E-state index < -0.39 is 0 Å². The topological polar surface area (TPSA) is 42.8 Å². The summed E-state index contributed by atoms with van der Waals surface area (Å²) in [6.07, 6.45) is 1.03. The normalized spacial score (nSPS) is 13.1. The molecule has 0 saturated heterocycles. The molecule has 0 radical (unpaired) electrons. The summed E-state index contributed by atoms with van der Waals surface area (Å²) in [5.41, 5.74) is 3.64. The standard InChI is InChI=1S/C21H28N2O2/c1-5-17-6-10-19(11-7-17)16(2)22-21(24)15-23(3)14-18-8-12-20(25-4)13-9-18/h6-13,16H,5,14-15H2,1-4H3,(H,22,24)/p+1/t16-/m0/s1. The third kappa shape index (κ3) is 5.91. The SMILES string of the molecule is CCc1ccc([C@H](C)NC(=O)C[NH+](C)Cc2ccc(OC)cc2)cc1. The molecule has 2 aromatic rings. The number of quaternary nitrogens is 1. The summed E-state index contributed by atoms with van der Waals surface area (Å²) in [4.78, 5) is 13.4. The van der Waals surface area contributed by atoms with Crippen LogP contribution < -0.4 is 15.0 Å². The van der Waals surface area contributed by atoms with Crippen LogP contribution in [0.3, 0.4) is 0 Å². The van der Waals surface area contributed by atoms with E-state index in [4.69, 9.17) is 4.74 Å². The second kappa shape index (κ2) is 9.23. The number of likely N-dealkylation sites (N-methyl/N-ethyl adjacent to an activating group) is 1. The van der Waals surface area contributed by atoms with Crippen molar-refractivity contribution in [3.8, 4) is 5.75 Å². The number of ether oxygens (including phenoxy) is 1. The van der Waals surface area contributed by atoms with Gasteiger partial charge in [-0.25, -0.2) is 0 Å². The highest BCUT2D eigenvalue weighted by Crippen LogP contribution is 2.13. The van der Waals surface area contributed by atoms with Gasteiger partial charge in [-0.05, 0) is 48.7 Å². The smallest absolute Gasteiger partial charge is 0.275 e. The Kier molecular flexibility index (Phi) is 7.02. The first-order valence-corrected chi connectivity index (χ1v) is 8.84. The van der Waals surface area contributed by atoms with Crippen molar-refractivity contribution < 1.29 is 14.4 Å². The molecule has 0 aromatic heterocycles. The molecule has 1 amide bonds. The van der Waals surface area contributed by atoms with Crippen LogP contribution in [-0.2, 0) is 17.8 Å². The van der Waals surface area contributed by atoms with Crippen LogP contribution in [0.15, 0.2) is 48.5 Å². The molecule has 4 nitrogen and oxygen atoms in total. The van der Waals surface area contributed by atoms with E-state index in [1.807, 2.05) is 38.2 Å². The third-order valence-electron chi connectivity index (χ3n) is 4.39. The molecule has 0 fully saturated rings. The van der Waals surface area contributed by atoms with Crippen molar-refractivity contribution in [2.45, 2.75) is 32.9 Å². The summed E-state index contributed by atoms with van der Waals surface area (Å²) in [6.45, 7) is 5.42. The molecule has 2 N–H and O–H groups in total. The fourth-order valence-electron chi connectivity index (χ4n) is 2.85. The van der Waals surface area contributed by atoms with Crippen LogP contribution in [0.5, 0.6) is 5.75 Å².